The van der Waals surface area contributed by atoms with Crippen LogP contribution in [-0.2, 0) is 17.8 Å². The van der Waals surface area contributed by atoms with Crippen molar-refractivity contribution < 1.29 is 9.13 Å². The van der Waals surface area contributed by atoms with Gasteiger partial charge in [-0.25, -0.2) is 4.39 Å². The highest BCUT2D eigenvalue weighted by Gasteiger charge is 2.26. The van der Waals surface area contributed by atoms with Crippen molar-refractivity contribution in [3.05, 3.63) is 34.8 Å². The van der Waals surface area contributed by atoms with Crippen molar-refractivity contribution in [1.82, 2.24) is 4.98 Å². The Morgan fingerprint density at radius 3 is 3.00 bits per heavy atom. The van der Waals surface area contributed by atoms with Crippen molar-refractivity contribution in [2.45, 2.75) is 38.8 Å². The Morgan fingerprint density at radius 2 is 2.20 bits per heavy atom. The normalized spacial score (nSPS) is 18.1. The smallest absolute Gasteiger partial charge is 0.125 e. The van der Waals surface area contributed by atoms with E-state index in [1.807, 2.05) is 6.92 Å². The van der Waals surface area contributed by atoms with Crippen LogP contribution in [0.25, 0.3) is 10.9 Å². The Bertz CT molecular complexity index is 695. The Kier molecular flexibility index (Phi) is 2.67. The number of aromatic nitrogens is 1. The quantitative estimate of drug-likeness (QED) is 0.910. The number of ether oxygens (including phenoxy) is 1. The third kappa shape index (κ3) is 1.95. The number of nitrogens with zero attached hydrogens (tertiary/aromatic N) is 1. The van der Waals surface area contributed by atoms with E-state index in [9.17, 15) is 4.39 Å². The van der Waals surface area contributed by atoms with Gasteiger partial charge in [0.25, 0.3) is 0 Å². The summed E-state index contributed by atoms with van der Waals surface area (Å²) in [6.07, 6.45) is 3.22. The van der Waals surface area contributed by atoms with Crippen molar-refractivity contribution in [3.8, 4) is 0 Å². The lowest BCUT2D eigenvalue weighted by atomic mass is 9.99. The van der Waals surface area contributed by atoms with Gasteiger partial charge < -0.3 is 10.1 Å². The first-order valence-corrected chi connectivity index (χ1v) is 7.18. The molecule has 0 saturated heterocycles. The zero-order chi connectivity index (χ0) is 13.7. The molecule has 1 saturated carbocycles. The Balaban J connectivity index is 2.01. The molecule has 20 heavy (non-hydrogen) atoms. The minimum absolute atomic E-state index is 0.216. The Hall–Kier alpha value is -1.68. The summed E-state index contributed by atoms with van der Waals surface area (Å²) in [6, 6.07) is 3.67. The van der Waals surface area contributed by atoms with Gasteiger partial charge in [-0.1, -0.05) is 0 Å². The second-order valence-electron chi connectivity index (χ2n) is 5.75. The van der Waals surface area contributed by atoms with Crippen LogP contribution in [0.1, 0.15) is 29.7 Å². The van der Waals surface area contributed by atoms with E-state index in [2.05, 4.69) is 10.3 Å². The first kappa shape index (κ1) is 12.1. The molecule has 2 heterocycles. The van der Waals surface area contributed by atoms with Gasteiger partial charge in [0, 0.05) is 29.5 Å². The average Bonchev–Trinajstić information content (AvgIpc) is 3.21. The summed E-state index contributed by atoms with van der Waals surface area (Å²) in [5.41, 5.74) is 5.02. The van der Waals surface area contributed by atoms with Gasteiger partial charge >= 0.3 is 0 Å². The van der Waals surface area contributed by atoms with Crippen LogP contribution in [0.5, 0.6) is 0 Å². The zero-order valence-electron chi connectivity index (χ0n) is 11.5. The fraction of sp³-hybridized carbons (Fsp3) is 0.438. The molecule has 4 rings (SSSR count). The zero-order valence-corrected chi connectivity index (χ0v) is 11.5. The van der Waals surface area contributed by atoms with Crippen LogP contribution in [0, 0.1) is 12.7 Å². The maximum atomic E-state index is 13.7. The summed E-state index contributed by atoms with van der Waals surface area (Å²) in [7, 11) is 0. The highest BCUT2D eigenvalue weighted by atomic mass is 19.1. The van der Waals surface area contributed by atoms with Gasteiger partial charge in [-0.2, -0.15) is 0 Å². The number of aryl methyl sites for hydroxylation is 1. The van der Waals surface area contributed by atoms with Gasteiger partial charge in [0.15, 0.2) is 0 Å². The molecule has 0 radical (unpaired) electrons. The summed E-state index contributed by atoms with van der Waals surface area (Å²) in [6.45, 7) is 3.24. The molecule has 4 heteroatoms. The minimum Gasteiger partial charge on any atom is -0.381 e. The van der Waals surface area contributed by atoms with E-state index in [0.29, 0.717) is 19.3 Å². The van der Waals surface area contributed by atoms with E-state index < -0.39 is 0 Å². The van der Waals surface area contributed by atoms with Crippen molar-refractivity contribution in [1.29, 1.82) is 0 Å². The van der Waals surface area contributed by atoms with Crippen molar-refractivity contribution in [2.24, 2.45) is 0 Å². The van der Waals surface area contributed by atoms with Crippen molar-refractivity contribution in [2.75, 3.05) is 11.9 Å². The highest BCUT2D eigenvalue weighted by Crippen LogP contribution is 2.37. The highest BCUT2D eigenvalue weighted by molar-refractivity contribution is 5.96. The van der Waals surface area contributed by atoms with Crippen LogP contribution in [0.2, 0.25) is 0 Å². The molecule has 0 atom stereocenters. The molecule has 104 valence electrons. The number of rotatable bonds is 2. The summed E-state index contributed by atoms with van der Waals surface area (Å²) in [5, 5.41) is 4.65. The third-order valence-electron chi connectivity index (χ3n) is 4.09. The summed E-state index contributed by atoms with van der Waals surface area (Å²) < 4.78 is 19.2. The molecule has 0 spiro atoms. The predicted molar refractivity (Wildman–Crippen MR) is 76.4 cm³/mol. The second-order valence-corrected chi connectivity index (χ2v) is 5.75. The number of halogens is 1. The van der Waals surface area contributed by atoms with E-state index in [1.54, 1.807) is 6.07 Å². The van der Waals surface area contributed by atoms with Gasteiger partial charge in [0.2, 0.25) is 0 Å². The molecular formula is C16H17FN2O. The van der Waals surface area contributed by atoms with Crippen LogP contribution < -0.4 is 5.32 Å². The topological polar surface area (TPSA) is 34.2 Å². The molecule has 1 aromatic heterocycles. The molecule has 3 nitrogen and oxygen atoms in total. The molecule has 1 aromatic carbocycles. The molecule has 1 aliphatic heterocycles. The van der Waals surface area contributed by atoms with E-state index in [1.165, 1.54) is 18.9 Å². The number of hydrogen-bond donors (Lipinski definition) is 1. The van der Waals surface area contributed by atoms with Gasteiger partial charge in [-0.15, -0.1) is 0 Å². The summed E-state index contributed by atoms with van der Waals surface area (Å²) in [5.74, 6) is -0.216. The van der Waals surface area contributed by atoms with Crippen LogP contribution in [0.4, 0.5) is 10.1 Å². The van der Waals surface area contributed by atoms with Crippen molar-refractivity contribution >= 4 is 16.6 Å². The summed E-state index contributed by atoms with van der Waals surface area (Å²) >= 11 is 0. The lowest BCUT2D eigenvalue weighted by molar-refractivity contribution is 0.110. The number of fused-ring (bicyclic) bond motifs is 2. The summed E-state index contributed by atoms with van der Waals surface area (Å²) in [4.78, 5) is 4.67. The molecule has 0 bridgehead atoms. The SMILES string of the molecule is Cc1cc(F)cc2nc3c(c(NC4CC4)c12)COCC3. The maximum absolute atomic E-state index is 13.7. The number of hydrogen-bond acceptors (Lipinski definition) is 3. The molecule has 1 fully saturated rings. The monoisotopic (exact) mass is 272 g/mol. The average molecular weight is 272 g/mol. The van der Waals surface area contributed by atoms with Crippen LogP contribution >= 0.6 is 0 Å². The molecule has 2 aliphatic rings. The molecule has 1 aliphatic carbocycles. The van der Waals surface area contributed by atoms with Crippen LogP contribution in [0.15, 0.2) is 12.1 Å². The number of pyridine rings is 1. The molecule has 1 N–H and O–H groups in total. The molecule has 0 unspecified atom stereocenters. The Morgan fingerprint density at radius 1 is 1.35 bits per heavy atom. The minimum atomic E-state index is -0.216. The number of anilines is 1. The first-order chi connectivity index (χ1) is 9.72. The van der Waals surface area contributed by atoms with E-state index >= 15 is 0 Å². The Labute approximate surface area is 117 Å². The third-order valence-corrected chi connectivity index (χ3v) is 4.09. The molecule has 0 amide bonds. The number of nitrogens with one attached hydrogen (secondary N) is 1. The van der Waals surface area contributed by atoms with Gasteiger partial charge in [0.1, 0.15) is 5.82 Å². The van der Waals surface area contributed by atoms with E-state index in [0.717, 1.165) is 39.8 Å². The van der Waals surface area contributed by atoms with E-state index in [-0.39, 0.29) is 5.82 Å². The lowest BCUT2D eigenvalue weighted by Crippen LogP contribution is -2.16. The standard InChI is InChI=1S/C16H17FN2O/c1-9-6-10(17)7-14-15(9)16(18-11-2-3-11)12-8-20-5-4-13(12)19-14/h6-7,11H,2-5,8H2,1H3,(H,18,19). The van der Waals surface area contributed by atoms with Gasteiger partial charge in [-0.05, 0) is 31.4 Å². The maximum Gasteiger partial charge on any atom is 0.125 e. The van der Waals surface area contributed by atoms with Crippen LogP contribution in [-0.4, -0.2) is 17.6 Å². The van der Waals surface area contributed by atoms with Crippen LogP contribution in [0.3, 0.4) is 0 Å². The number of benzene rings is 1. The van der Waals surface area contributed by atoms with Gasteiger partial charge in [0.05, 0.1) is 30.1 Å². The predicted octanol–water partition coefficient (Wildman–Crippen LogP) is 3.33. The molecular weight excluding hydrogens is 255 g/mol. The van der Waals surface area contributed by atoms with E-state index in [4.69, 9.17) is 4.74 Å². The lowest BCUT2D eigenvalue weighted by Gasteiger charge is -2.22. The fourth-order valence-electron chi connectivity index (χ4n) is 2.94. The largest absolute Gasteiger partial charge is 0.381 e. The molecule has 2 aromatic rings. The first-order valence-electron chi connectivity index (χ1n) is 7.18. The van der Waals surface area contributed by atoms with Gasteiger partial charge in [-0.3, -0.25) is 4.98 Å². The fourth-order valence-corrected chi connectivity index (χ4v) is 2.94. The van der Waals surface area contributed by atoms with Crippen molar-refractivity contribution in [3.63, 3.8) is 0 Å². The second kappa shape index (κ2) is 4.42.